The molecule has 0 N–H and O–H groups in total. The minimum absolute atomic E-state index is 0.0186. The second kappa shape index (κ2) is 14.3. The summed E-state index contributed by atoms with van der Waals surface area (Å²) < 4.78 is 13.5. The van der Waals surface area contributed by atoms with Crippen molar-refractivity contribution in [2.45, 2.75) is 26.2 Å². The molecule has 6 heteroatoms. The van der Waals surface area contributed by atoms with E-state index in [0.29, 0.717) is 0 Å². The Hall–Kier alpha value is -8.09. The first kappa shape index (κ1) is 36.7. The van der Waals surface area contributed by atoms with Gasteiger partial charge < -0.3 is 4.74 Å². The number of hydrogen-bond acceptors (Lipinski definition) is 3. The molecule has 0 spiro atoms. The van der Waals surface area contributed by atoms with Crippen molar-refractivity contribution in [1.82, 2.24) is 19.1 Å². The van der Waals surface area contributed by atoms with Crippen molar-refractivity contribution in [2.75, 3.05) is 0 Å². The molecule has 11 aromatic rings. The fourth-order valence-electron chi connectivity index (χ4n) is 9.44. The largest absolute Gasteiger partial charge is 0.458 e. The number of ether oxygens (including phenoxy) is 1. The Morgan fingerprint density at radius 1 is 0.524 bits per heavy atom. The molecule has 0 aliphatic carbocycles. The Morgan fingerprint density at radius 2 is 1.16 bits per heavy atom. The van der Waals surface area contributed by atoms with Crippen LogP contribution in [0.1, 0.15) is 26.3 Å². The molecule has 4 aromatic heterocycles. The molecule has 7 aromatic carbocycles. The van der Waals surface area contributed by atoms with Gasteiger partial charge in [-0.05, 0) is 92.9 Å². The van der Waals surface area contributed by atoms with Crippen molar-refractivity contribution in [3.8, 4) is 73.2 Å². The van der Waals surface area contributed by atoms with Gasteiger partial charge in [0.2, 0.25) is 0 Å². The lowest BCUT2D eigenvalue weighted by Crippen LogP contribution is -2.32. The number of pyridine rings is 2. The van der Waals surface area contributed by atoms with Crippen LogP contribution in [0.4, 0.5) is 0 Å². The smallest absolute Gasteiger partial charge is 0.269 e. The molecule has 63 heavy (non-hydrogen) atoms. The molecule has 5 heterocycles. The minimum Gasteiger partial charge on any atom is -0.458 e. The van der Waals surface area contributed by atoms with Crippen molar-refractivity contribution in [3.05, 3.63) is 206 Å². The fraction of sp³-hybridized carbons (Fsp3) is 0.0702. The monoisotopic (exact) mass is 811 g/mol. The predicted molar refractivity (Wildman–Crippen MR) is 254 cm³/mol. The van der Waals surface area contributed by atoms with Gasteiger partial charge in [0.25, 0.3) is 6.33 Å². The topological polar surface area (TPSA) is 48.8 Å². The van der Waals surface area contributed by atoms with E-state index in [0.717, 1.165) is 95.1 Å². The second-order valence-corrected chi connectivity index (χ2v) is 17.3. The average molecular weight is 812 g/mol. The minimum atomic E-state index is -0.0186. The Bertz CT molecular complexity index is 3590. The van der Waals surface area contributed by atoms with Crippen molar-refractivity contribution >= 4 is 32.8 Å². The van der Waals surface area contributed by atoms with Crippen molar-refractivity contribution < 1.29 is 9.30 Å². The van der Waals surface area contributed by atoms with Crippen molar-refractivity contribution in [2.24, 2.45) is 0 Å². The molecule has 1 aliphatic rings. The SMILES string of the molecule is CC(C)(C)c1ccnc(-n2c3ccccc3c3ccc(Oc4cccc(-n5[c-][n+]6c7c(cccc75)-c5ccccc5-c5ccccc5-c5cncc(-c7ccccc7)c5-6)c4)cc32)c1. The van der Waals surface area contributed by atoms with Gasteiger partial charge in [0, 0.05) is 46.6 Å². The summed E-state index contributed by atoms with van der Waals surface area (Å²) in [4.78, 5) is 9.77. The molecule has 300 valence electrons. The van der Waals surface area contributed by atoms with E-state index in [1.165, 1.54) is 16.5 Å². The van der Waals surface area contributed by atoms with E-state index in [1.807, 2.05) is 24.7 Å². The summed E-state index contributed by atoms with van der Waals surface area (Å²) in [6.07, 6.45) is 9.78. The third-order valence-electron chi connectivity index (χ3n) is 12.4. The number of aromatic nitrogens is 5. The summed E-state index contributed by atoms with van der Waals surface area (Å²) >= 11 is 0. The molecular formula is C57H41N5O. The van der Waals surface area contributed by atoms with E-state index >= 15 is 0 Å². The van der Waals surface area contributed by atoms with Gasteiger partial charge in [-0.15, -0.1) is 0 Å². The first-order chi connectivity index (χ1) is 30.9. The summed E-state index contributed by atoms with van der Waals surface area (Å²) in [5.41, 5.74) is 16.2. The third kappa shape index (κ3) is 5.98. The molecule has 0 radical (unpaired) electrons. The van der Waals surface area contributed by atoms with E-state index in [4.69, 9.17) is 14.7 Å². The Labute approximate surface area is 365 Å². The van der Waals surface area contributed by atoms with Gasteiger partial charge in [0.15, 0.2) is 0 Å². The number of nitrogens with zero attached hydrogens (tertiary/aromatic N) is 5. The highest BCUT2D eigenvalue weighted by Crippen LogP contribution is 2.45. The van der Waals surface area contributed by atoms with E-state index in [-0.39, 0.29) is 5.41 Å². The van der Waals surface area contributed by atoms with Crippen molar-refractivity contribution in [1.29, 1.82) is 0 Å². The van der Waals surface area contributed by atoms with Gasteiger partial charge in [0.05, 0.1) is 33.4 Å². The normalized spacial score (nSPS) is 12.0. The second-order valence-electron chi connectivity index (χ2n) is 17.3. The Balaban J connectivity index is 1.04. The molecule has 0 unspecified atom stereocenters. The summed E-state index contributed by atoms with van der Waals surface area (Å²) in [6, 6.07) is 62.0. The van der Waals surface area contributed by atoms with Crippen LogP contribution in [0.15, 0.2) is 195 Å². The maximum atomic E-state index is 6.79. The summed E-state index contributed by atoms with van der Waals surface area (Å²) in [5, 5.41) is 2.32. The first-order valence-electron chi connectivity index (χ1n) is 21.4. The number of benzene rings is 7. The fourth-order valence-corrected chi connectivity index (χ4v) is 9.44. The lowest BCUT2D eigenvalue weighted by molar-refractivity contribution is -0.570. The number of rotatable bonds is 5. The standard InChI is InChI=1S/C57H41N5O/c1-57(2,3)38-29-30-59-54(31-38)62-51-25-12-11-23-46(51)47-28-27-41(33-53(47)62)63-40-18-13-17-39(32-40)60-36-61-55-49(37-15-5-4-6-16-37)34-58-35-50(55)45-22-10-8-20-43(45)42-19-7-9-21-44(42)48-24-14-26-52(60)56(48)61/h4-35H,1-3H3. The van der Waals surface area contributed by atoms with E-state index < -0.39 is 0 Å². The van der Waals surface area contributed by atoms with Gasteiger partial charge in [-0.1, -0.05) is 142 Å². The van der Waals surface area contributed by atoms with Gasteiger partial charge in [-0.3, -0.25) is 18.7 Å². The zero-order valence-corrected chi connectivity index (χ0v) is 35.1. The number of hydrogen-bond donors (Lipinski definition) is 0. The van der Waals surface area contributed by atoms with Crippen LogP contribution in [0.5, 0.6) is 11.5 Å². The van der Waals surface area contributed by atoms with Crippen LogP contribution in [0.3, 0.4) is 0 Å². The van der Waals surface area contributed by atoms with Gasteiger partial charge in [0.1, 0.15) is 17.3 Å². The molecule has 12 rings (SSSR count). The maximum absolute atomic E-state index is 6.79. The van der Waals surface area contributed by atoms with Crippen LogP contribution in [-0.2, 0) is 5.41 Å². The summed E-state index contributed by atoms with van der Waals surface area (Å²) in [5.74, 6) is 2.34. The average Bonchev–Trinajstić information content (AvgIpc) is 3.88. The highest BCUT2D eigenvalue weighted by Gasteiger charge is 2.27. The Morgan fingerprint density at radius 3 is 1.95 bits per heavy atom. The van der Waals surface area contributed by atoms with Crippen LogP contribution in [0, 0.1) is 6.33 Å². The van der Waals surface area contributed by atoms with Crippen LogP contribution in [0.25, 0.3) is 94.5 Å². The molecule has 0 bridgehead atoms. The lowest BCUT2D eigenvalue weighted by atomic mass is 9.88. The first-order valence-corrected chi connectivity index (χ1v) is 21.4. The zero-order chi connectivity index (χ0) is 42.2. The quantitative estimate of drug-likeness (QED) is 0.128. The predicted octanol–water partition coefficient (Wildman–Crippen LogP) is 13.7. The summed E-state index contributed by atoms with van der Waals surface area (Å²) in [6.45, 7) is 6.71. The van der Waals surface area contributed by atoms with Crippen molar-refractivity contribution in [3.63, 3.8) is 0 Å². The zero-order valence-electron chi connectivity index (χ0n) is 35.1. The molecular weight excluding hydrogens is 771 g/mol. The van der Waals surface area contributed by atoms with E-state index in [1.54, 1.807) is 0 Å². The van der Waals surface area contributed by atoms with Crippen LogP contribution in [-0.4, -0.2) is 19.1 Å². The maximum Gasteiger partial charge on any atom is 0.269 e. The molecule has 0 atom stereocenters. The highest BCUT2D eigenvalue weighted by molar-refractivity contribution is 6.09. The van der Waals surface area contributed by atoms with Gasteiger partial charge in [-0.2, -0.15) is 0 Å². The molecule has 0 saturated carbocycles. The van der Waals surface area contributed by atoms with E-state index in [9.17, 15) is 0 Å². The number of imidazole rings is 1. The third-order valence-corrected chi connectivity index (χ3v) is 12.4. The van der Waals surface area contributed by atoms with Gasteiger partial charge in [-0.25, -0.2) is 4.98 Å². The summed E-state index contributed by atoms with van der Waals surface area (Å²) in [7, 11) is 0. The van der Waals surface area contributed by atoms with Crippen LogP contribution >= 0.6 is 0 Å². The highest BCUT2D eigenvalue weighted by atomic mass is 16.5. The molecule has 6 nitrogen and oxygen atoms in total. The lowest BCUT2D eigenvalue weighted by Gasteiger charge is -2.20. The molecule has 0 saturated heterocycles. The van der Waals surface area contributed by atoms with Crippen LogP contribution < -0.4 is 9.30 Å². The van der Waals surface area contributed by atoms with Gasteiger partial charge >= 0.3 is 0 Å². The molecule has 1 aliphatic heterocycles. The van der Waals surface area contributed by atoms with Crippen LogP contribution in [0.2, 0.25) is 0 Å². The number of fused-ring (bicyclic) bond motifs is 10. The molecule has 0 fully saturated rings. The Kier molecular flexibility index (Phi) is 8.31. The molecule has 0 amide bonds. The number of para-hydroxylation sites is 2. The van der Waals surface area contributed by atoms with E-state index in [2.05, 4.69) is 211 Å².